The maximum Gasteiger partial charge on any atom is 0.226 e. The quantitative estimate of drug-likeness (QED) is 0.830. The molecule has 21 heavy (non-hydrogen) atoms. The fourth-order valence-corrected chi connectivity index (χ4v) is 3.05. The molecule has 1 atom stereocenters. The molecule has 0 aliphatic carbocycles. The molecule has 1 unspecified atom stereocenters. The second-order valence-corrected chi connectivity index (χ2v) is 6.19. The number of nitrogens with two attached hydrogens (primary N) is 1. The van der Waals surface area contributed by atoms with Gasteiger partial charge in [0.25, 0.3) is 0 Å². The van der Waals surface area contributed by atoms with Crippen molar-refractivity contribution in [1.82, 2.24) is 4.90 Å². The van der Waals surface area contributed by atoms with Gasteiger partial charge >= 0.3 is 0 Å². The number of nitrogens with zero attached hydrogens (tertiary/aromatic N) is 1. The number of likely N-dealkylation sites (tertiary alicyclic amines) is 1. The molecule has 1 aromatic carbocycles. The molecule has 0 saturated carbocycles. The number of hydrogen-bond acceptors (Lipinski definition) is 3. The SMILES string of the molecule is Cl.NCC1CCN(C(=O)CCOc2ccc(Cl)cc2Br)C1. The maximum atomic E-state index is 12.0. The van der Waals surface area contributed by atoms with Crippen molar-refractivity contribution in [1.29, 1.82) is 0 Å². The van der Waals surface area contributed by atoms with Gasteiger partial charge in [0, 0.05) is 18.1 Å². The zero-order valence-corrected chi connectivity index (χ0v) is 14.7. The van der Waals surface area contributed by atoms with Crippen LogP contribution >= 0.6 is 39.9 Å². The van der Waals surface area contributed by atoms with E-state index in [0.29, 0.717) is 36.3 Å². The molecule has 1 heterocycles. The first-order chi connectivity index (χ1) is 9.60. The summed E-state index contributed by atoms with van der Waals surface area (Å²) in [6.07, 6.45) is 1.39. The normalized spacial score (nSPS) is 17.5. The Hall–Kier alpha value is -0.490. The number of hydrogen-bond donors (Lipinski definition) is 1. The molecule has 7 heteroatoms. The van der Waals surface area contributed by atoms with Gasteiger partial charge in [-0.1, -0.05) is 11.6 Å². The van der Waals surface area contributed by atoms with E-state index in [1.807, 2.05) is 4.90 Å². The van der Waals surface area contributed by atoms with Gasteiger partial charge in [-0.2, -0.15) is 0 Å². The molecule has 0 radical (unpaired) electrons. The monoisotopic (exact) mass is 396 g/mol. The molecule has 2 rings (SSSR count). The van der Waals surface area contributed by atoms with Crippen molar-refractivity contribution in [3.8, 4) is 5.75 Å². The topological polar surface area (TPSA) is 55.6 Å². The lowest BCUT2D eigenvalue weighted by Gasteiger charge is -2.16. The lowest BCUT2D eigenvalue weighted by Crippen LogP contribution is -2.30. The summed E-state index contributed by atoms with van der Waals surface area (Å²) in [5.74, 6) is 1.28. The van der Waals surface area contributed by atoms with E-state index in [1.165, 1.54) is 0 Å². The van der Waals surface area contributed by atoms with Crippen LogP contribution in [0, 0.1) is 5.92 Å². The van der Waals surface area contributed by atoms with Crippen molar-refractivity contribution in [2.75, 3.05) is 26.2 Å². The third-order valence-corrected chi connectivity index (χ3v) is 4.29. The number of carbonyl (C=O) groups is 1. The smallest absolute Gasteiger partial charge is 0.226 e. The maximum absolute atomic E-state index is 12.0. The van der Waals surface area contributed by atoms with Gasteiger partial charge in [-0.3, -0.25) is 4.79 Å². The molecule has 1 aliphatic heterocycles. The van der Waals surface area contributed by atoms with Gasteiger partial charge in [-0.25, -0.2) is 0 Å². The third-order valence-electron chi connectivity index (χ3n) is 3.44. The summed E-state index contributed by atoms with van der Waals surface area (Å²) in [5, 5.41) is 0.644. The van der Waals surface area contributed by atoms with Crippen molar-refractivity contribution in [2.24, 2.45) is 11.7 Å². The van der Waals surface area contributed by atoms with E-state index in [9.17, 15) is 4.79 Å². The Morgan fingerprint density at radius 2 is 2.29 bits per heavy atom. The second kappa shape index (κ2) is 8.83. The molecule has 1 saturated heterocycles. The number of carbonyl (C=O) groups excluding carboxylic acids is 1. The summed E-state index contributed by atoms with van der Waals surface area (Å²) in [6.45, 7) is 2.60. The van der Waals surface area contributed by atoms with Gasteiger partial charge in [0.05, 0.1) is 17.5 Å². The highest BCUT2D eigenvalue weighted by Gasteiger charge is 2.24. The average Bonchev–Trinajstić information content (AvgIpc) is 2.90. The summed E-state index contributed by atoms with van der Waals surface area (Å²) >= 11 is 9.24. The van der Waals surface area contributed by atoms with Gasteiger partial charge in [-0.15, -0.1) is 12.4 Å². The number of benzene rings is 1. The Morgan fingerprint density at radius 1 is 1.52 bits per heavy atom. The van der Waals surface area contributed by atoms with Crippen LogP contribution in [0.5, 0.6) is 5.75 Å². The van der Waals surface area contributed by atoms with E-state index in [2.05, 4.69) is 15.9 Å². The van der Waals surface area contributed by atoms with E-state index in [4.69, 9.17) is 22.1 Å². The fraction of sp³-hybridized carbons (Fsp3) is 0.500. The van der Waals surface area contributed by atoms with Crippen molar-refractivity contribution in [2.45, 2.75) is 12.8 Å². The Labute approximate surface area is 144 Å². The molecule has 118 valence electrons. The van der Waals surface area contributed by atoms with Crippen molar-refractivity contribution >= 4 is 45.8 Å². The number of ether oxygens (including phenoxy) is 1. The summed E-state index contributed by atoms with van der Waals surface area (Å²) < 4.78 is 6.39. The molecule has 0 bridgehead atoms. The van der Waals surface area contributed by atoms with E-state index in [1.54, 1.807) is 18.2 Å². The predicted molar refractivity (Wildman–Crippen MR) is 90.3 cm³/mol. The lowest BCUT2D eigenvalue weighted by atomic mass is 10.1. The molecular formula is C14H19BrCl2N2O2. The second-order valence-electron chi connectivity index (χ2n) is 4.90. The number of amides is 1. The van der Waals surface area contributed by atoms with E-state index >= 15 is 0 Å². The van der Waals surface area contributed by atoms with E-state index < -0.39 is 0 Å². The van der Waals surface area contributed by atoms with E-state index in [0.717, 1.165) is 24.0 Å². The first-order valence-electron chi connectivity index (χ1n) is 6.66. The van der Waals surface area contributed by atoms with Crippen LogP contribution in [0.1, 0.15) is 12.8 Å². The van der Waals surface area contributed by atoms with Crippen LogP contribution in [0.2, 0.25) is 5.02 Å². The summed E-state index contributed by atoms with van der Waals surface area (Å²) in [7, 11) is 0. The van der Waals surface area contributed by atoms with Crippen molar-refractivity contribution in [3.63, 3.8) is 0 Å². The molecule has 4 nitrogen and oxygen atoms in total. The number of halogens is 3. The van der Waals surface area contributed by atoms with E-state index in [-0.39, 0.29) is 18.3 Å². The standard InChI is InChI=1S/C14H18BrClN2O2.ClH/c15-12-7-11(16)1-2-13(12)20-6-4-14(19)18-5-3-10(8-17)9-18;/h1-2,7,10H,3-6,8-9,17H2;1H. The van der Waals surface area contributed by atoms with Crippen LogP contribution in [-0.2, 0) is 4.79 Å². The molecule has 0 aromatic heterocycles. The molecule has 1 fully saturated rings. The predicted octanol–water partition coefficient (Wildman–Crippen LogP) is 3.10. The molecule has 1 aliphatic rings. The Kier molecular flexibility index (Phi) is 7.81. The summed E-state index contributed by atoms with van der Waals surface area (Å²) in [5.41, 5.74) is 5.62. The number of rotatable bonds is 5. The van der Waals surface area contributed by atoms with Crippen molar-refractivity contribution in [3.05, 3.63) is 27.7 Å². The van der Waals surface area contributed by atoms with Gasteiger partial charge < -0.3 is 15.4 Å². The molecule has 1 amide bonds. The highest BCUT2D eigenvalue weighted by molar-refractivity contribution is 9.10. The van der Waals surface area contributed by atoms with Crippen LogP contribution in [0.25, 0.3) is 0 Å². The van der Waals surface area contributed by atoms with Gasteiger partial charge in [0.15, 0.2) is 0 Å². The zero-order valence-electron chi connectivity index (χ0n) is 11.6. The summed E-state index contributed by atoms with van der Waals surface area (Å²) in [6, 6.07) is 5.32. The minimum absolute atomic E-state index is 0. The summed E-state index contributed by atoms with van der Waals surface area (Å²) in [4.78, 5) is 13.9. The van der Waals surface area contributed by atoms with Crippen molar-refractivity contribution < 1.29 is 9.53 Å². The van der Waals surface area contributed by atoms with Crippen LogP contribution in [-0.4, -0.2) is 37.0 Å². The Balaban J connectivity index is 0.00000220. The first kappa shape index (κ1) is 18.6. The highest BCUT2D eigenvalue weighted by Crippen LogP contribution is 2.28. The minimum Gasteiger partial charge on any atom is -0.492 e. The first-order valence-corrected chi connectivity index (χ1v) is 7.83. The molecule has 0 spiro atoms. The zero-order chi connectivity index (χ0) is 14.5. The van der Waals surface area contributed by atoms with Crippen LogP contribution < -0.4 is 10.5 Å². The minimum atomic E-state index is 0. The molecule has 2 N–H and O–H groups in total. The Morgan fingerprint density at radius 3 is 2.90 bits per heavy atom. The van der Waals surface area contributed by atoms with Gasteiger partial charge in [-0.05, 0) is 53.0 Å². The molecular weight excluding hydrogens is 379 g/mol. The van der Waals surface area contributed by atoms with Gasteiger partial charge in [0.1, 0.15) is 5.75 Å². The Bertz CT molecular complexity index is 488. The molecule has 1 aromatic rings. The van der Waals surface area contributed by atoms with Gasteiger partial charge in [0.2, 0.25) is 5.91 Å². The lowest BCUT2D eigenvalue weighted by molar-refractivity contribution is -0.130. The largest absolute Gasteiger partial charge is 0.492 e. The third kappa shape index (κ3) is 5.33. The van der Waals surface area contributed by atoms with Crippen LogP contribution in [0.3, 0.4) is 0 Å². The fourth-order valence-electron chi connectivity index (χ4n) is 2.25. The van der Waals surface area contributed by atoms with Crippen LogP contribution in [0.4, 0.5) is 0 Å². The average molecular weight is 398 g/mol. The van der Waals surface area contributed by atoms with Crippen LogP contribution in [0.15, 0.2) is 22.7 Å². The highest BCUT2D eigenvalue weighted by atomic mass is 79.9.